The van der Waals surface area contributed by atoms with Crippen LogP contribution in [-0.2, 0) is 17.6 Å². The van der Waals surface area contributed by atoms with Crippen LogP contribution >= 0.6 is 11.8 Å². The minimum Gasteiger partial charge on any atom is -0.464 e. The van der Waals surface area contributed by atoms with Crippen LogP contribution in [0, 0.1) is 0 Å². The zero-order valence-electron chi connectivity index (χ0n) is 11.1. The highest BCUT2D eigenvalue weighted by Gasteiger charge is 2.12. The maximum Gasteiger partial charge on any atom is 0.358 e. The van der Waals surface area contributed by atoms with E-state index < -0.39 is 5.97 Å². The second kappa shape index (κ2) is 5.63. The third kappa shape index (κ3) is 2.67. The summed E-state index contributed by atoms with van der Waals surface area (Å²) >= 11 is 1.56. The lowest BCUT2D eigenvalue weighted by molar-refractivity contribution is 0.0593. The maximum atomic E-state index is 11.3. The van der Waals surface area contributed by atoms with E-state index >= 15 is 0 Å². The lowest BCUT2D eigenvalue weighted by atomic mass is 10.1. The lowest BCUT2D eigenvalue weighted by Gasteiger charge is -2.04. The molecule has 0 radical (unpaired) electrons. The van der Waals surface area contributed by atoms with E-state index in [4.69, 9.17) is 0 Å². The summed E-state index contributed by atoms with van der Waals surface area (Å²) in [5.74, 6) is -0.466. The largest absolute Gasteiger partial charge is 0.464 e. The Morgan fingerprint density at radius 3 is 2.80 bits per heavy atom. The maximum absolute atomic E-state index is 11.3. The molecule has 0 unspecified atom stereocenters. The van der Waals surface area contributed by atoms with Crippen LogP contribution < -0.4 is 0 Å². The first-order chi connectivity index (χ1) is 9.76. The Bertz CT molecular complexity index is 641. The first-order valence-electron chi connectivity index (χ1n) is 6.46. The molecule has 0 spiro atoms. The van der Waals surface area contributed by atoms with Crippen molar-refractivity contribution in [2.75, 3.05) is 7.11 Å². The predicted molar refractivity (Wildman–Crippen MR) is 76.0 cm³/mol. The van der Waals surface area contributed by atoms with Gasteiger partial charge in [-0.25, -0.2) is 14.8 Å². The number of rotatable bonds is 3. The molecule has 5 heteroatoms. The number of fused-ring (bicyclic) bond motifs is 1. The fourth-order valence-electron chi connectivity index (χ4n) is 2.31. The summed E-state index contributed by atoms with van der Waals surface area (Å²) < 4.78 is 4.60. The fourth-order valence-corrected chi connectivity index (χ4v) is 3.10. The Balaban J connectivity index is 1.76. The molecule has 4 nitrogen and oxygen atoms in total. The second-order valence-electron chi connectivity index (χ2n) is 4.62. The van der Waals surface area contributed by atoms with Gasteiger partial charge in [0.05, 0.1) is 19.5 Å². The third-order valence-electron chi connectivity index (χ3n) is 3.32. The molecule has 20 heavy (non-hydrogen) atoms. The summed E-state index contributed by atoms with van der Waals surface area (Å²) in [7, 11) is 1.33. The van der Waals surface area contributed by atoms with E-state index in [0.29, 0.717) is 0 Å². The normalized spacial score (nSPS) is 13.1. The minimum atomic E-state index is -0.466. The topological polar surface area (TPSA) is 52.1 Å². The molecule has 0 atom stereocenters. The smallest absolute Gasteiger partial charge is 0.358 e. The van der Waals surface area contributed by atoms with Gasteiger partial charge in [0, 0.05) is 4.90 Å². The van der Waals surface area contributed by atoms with Crippen molar-refractivity contribution in [2.45, 2.75) is 29.2 Å². The number of hydrogen-bond donors (Lipinski definition) is 0. The van der Waals surface area contributed by atoms with E-state index in [1.54, 1.807) is 18.0 Å². The van der Waals surface area contributed by atoms with Gasteiger partial charge in [-0.1, -0.05) is 17.8 Å². The van der Waals surface area contributed by atoms with Gasteiger partial charge >= 0.3 is 5.97 Å². The molecule has 1 aromatic carbocycles. The van der Waals surface area contributed by atoms with E-state index in [-0.39, 0.29) is 5.69 Å². The van der Waals surface area contributed by atoms with Crippen molar-refractivity contribution in [2.24, 2.45) is 0 Å². The summed E-state index contributed by atoms with van der Waals surface area (Å²) in [6, 6.07) is 6.54. The number of methoxy groups -OCH3 is 1. The Morgan fingerprint density at radius 2 is 2.05 bits per heavy atom. The molecule has 0 amide bonds. The number of aromatic nitrogens is 2. The van der Waals surface area contributed by atoms with Crippen molar-refractivity contribution >= 4 is 17.7 Å². The number of hydrogen-bond acceptors (Lipinski definition) is 5. The van der Waals surface area contributed by atoms with Gasteiger partial charge < -0.3 is 4.74 Å². The van der Waals surface area contributed by atoms with E-state index in [0.717, 1.165) is 16.3 Å². The van der Waals surface area contributed by atoms with Gasteiger partial charge in [0.25, 0.3) is 0 Å². The third-order valence-corrected chi connectivity index (χ3v) is 4.22. The molecule has 3 rings (SSSR count). The van der Waals surface area contributed by atoms with Crippen LogP contribution in [-0.4, -0.2) is 23.0 Å². The lowest BCUT2D eigenvalue weighted by Crippen LogP contribution is -2.04. The molecule has 0 aliphatic heterocycles. The van der Waals surface area contributed by atoms with Crippen LogP contribution in [0.15, 0.2) is 40.5 Å². The highest BCUT2D eigenvalue weighted by atomic mass is 32.2. The average Bonchev–Trinajstić information content (AvgIpc) is 2.95. The Morgan fingerprint density at radius 1 is 1.20 bits per heavy atom. The molecule has 1 heterocycles. The minimum absolute atomic E-state index is 0.228. The van der Waals surface area contributed by atoms with Gasteiger partial charge in [-0.05, 0) is 42.5 Å². The highest BCUT2D eigenvalue weighted by Crippen LogP contribution is 2.30. The monoisotopic (exact) mass is 286 g/mol. The van der Waals surface area contributed by atoms with Crippen molar-refractivity contribution in [1.82, 2.24) is 9.97 Å². The second-order valence-corrected chi connectivity index (χ2v) is 5.71. The van der Waals surface area contributed by atoms with Crippen LogP contribution in [0.2, 0.25) is 0 Å². The van der Waals surface area contributed by atoms with Gasteiger partial charge in [0.15, 0.2) is 5.69 Å². The van der Waals surface area contributed by atoms with E-state index in [2.05, 4.69) is 32.9 Å². The fraction of sp³-hybridized carbons (Fsp3) is 0.267. The van der Waals surface area contributed by atoms with E-state index in [9.17, 15) is 4.79 Å². The van der Waals surface area contributed by atoms with Crippen molar-refractivity contribution in [3.8, 4) is 0 Å². The molecular formula is C15H14N2O2S. The summed E-state index contributed by atoms with van der Waals surface area (Å²) in [4.78, 5) is 20.7. The molecule has 1 aromatic heterocycles. The standard InChI is InChI=1S/C15H14N2O2S/c1-19-15(18)13-8-17-14(9-16-13)20-12-6-5-10-3-2-4-11(10)7-12/h5-9H,2-4H2,1H3. The SMILES string of the molecule is COC(=O)c1cnc(Sc2ccc3c(c2)CCC3)cn1. The molecule has 102 valence electrons. The number of esters is 1. The number of nitrogens with zero attached hydrogens (tertiary/aromatic N) is 2. The van der Waals surface area contributed by atoms with Crippen molar-refractivity contribution in [1.29, 1.82) is 0 Å². The molecule has 1 aliphatic rings. The Kier molecular flexibility index (Phi) is 3.69. The number of ether oxygens (including phenoxy) is 1. The van der Waals surface area contributed by atoms with Gasteiger partial charge in [-0.2, -0.15) is 0 Å². The van der Waals surface area contributed by atoms with Gasteiger partial charge in [0.2, 0.25) is 0 Å². The summed E-state index contributed by atoms with van der Waals surface area (Å²) in [5, 5.41) is 0.774. The van der Waals surface area contributed by atoms with Gasteiger partial charge in [-0.3, -0.25) is 0 Å². The molecular weight excluding hydrogens is 272 g/mol. The highest BCUT2D eigenvalue weighted by molar-refractivity contribution is 7.99. The molecule has 1 aliphatic carbocycles. The summed E-state index contributed by atoms with van der Waals surface area (Å²) in [6.07, 6.45) is 6.65. The Labute approximate surface area is 121 Å². The first kappa shape index (κ1) is 13.1. The number of aryl methyl sites for hydroxylation is 2. The quantitative estimate of drug-likeness (QED) is 0.812. The van der Waals surface area contributed by atoms with Crippen molar-refractivity contribution < 1.29 is 9.53 Å². The Hall–Kier alpha value is -1.88. The molecule has 0 fully saturated rings. The molecule has 0 bridgehead atoms. The molecule has 0 saturated heterocycles. The van der Waals surface area contributed by atoms with E-state index in [1.165, 1.54) is 37.3 Å². The number of carbonyl (C=O) groups excluding carboxylic acids is 1. The number of benzene rings is 1. The van der Waals surface area contributed by atoms with Crippen molar-refractivity contribution in [3.05, 3.63) is 47.4 Å². The predicted octanol–water partition coefficient (Wildman–Crippen LogP) is 2.90. The zero-order valence-corrected chi connectivity index (χ0v) is 11.9. The first-order valence-corrected chi connectivity index (χ1v) is 7.28. The summed E-state index contributed by atoms with van der Waals surface area (Å²) in [6.45, 7) is 0. The summed E-state index contributed by atoms with van der Waals surface area (Å²) in [5.41, 5.74) is 3.13. The average molecular weight is 286 g/mol. The number of carbonyl (C=O) groups is 1. The van der Waals surface area contributed by atoms with Crippen LogP contribution in [0.4, 0.5) is 0 Å². The zero-order chi connectivity index (χ0) is 13.9. The van der Waals surface area contributed by atoms with Crippen LogP contribution in [0.25, 0.3) is 0 Å². The van der Waals surface area contributed by atoms with Gasteiger partial charge in [0.1, 0.15) is 5.03 Å². The van der Waals surface area contributed by atoms with Gasteiger partial charge in [-0.15, -0.1) is 0 Å². The van der Waals surface area contributed by atoms with Crippen LogP contribution in [0.1, 0.15) is 28.0 Å². The molecule has 0 N–H and O–H groups in total. The van der Waals surface area contributed by atoms with E-state index in [1.807, 2.05) is 0 Å². The van der Waals surface area contributed by atoms with Crippen LogP contribution in [0.3, 0.4) is 0 Å². The van der Waals surface area contributed by atoms with Crippen LogP contribution in [0.5, 0.6) is 0 Å². The molecule has 0 saturated carbocycles. The molecule has 2 aromatic rings. The van der Waals surface area contributed by atoms with Crippen molar-refractivity contribution in [3.63, 3.8) is 0 Å².